The van der Waals surface area contributed by atoms with Crippen LogP contribution in [0.4, 0.5) is 11.4 Å². The molecule has 0 saturated carbocycles. The van der Waals surface area contributed by atoms with Gasteiger partial charge in [0.25, 0.3) is 0 Å². The monoisotopic (exact) mass is 685 g/mol. The predicted molar refractivity (Wildman–Crippen MR) is 222 cm³/mol. The molecular formula is C50H43N3. The minimum atomic E-state index is -0.0230. The first-order valence-corrected chi connectivity index (χ1v) is 19.2. The van der Waals surface area contributed by atoms with E-state index in [4.69, 9.17) is 0 Å². The van der Waals surface area contributed by atoms with Gasteiger partial charge in [0.1, 0.15) is 0 Å². The number of allylic oxidation sites excluding steroid dienone is 9. The number of para-hydroxylation sites is 2. The molecule has 0 aliphatic heterocycles. The van der Waals surface area contributed by atoms with Crippen LogP contribution in [0.5, 0.6) is 0 Å². The molecule has 0 radical (unpaired) electrons. The molecule has 4 aromatic carbocycles. The van der Waals surface area contributed by atoms with E-state index in [1.807, 2.05) is 18.5 Å². The van der Waals surface area contributed by atoms with E-state index >= 15 is 0 Å². The Morgan fingerprint density at radius 2 is 1.53 bits per heavy atom. The predicted octanol–water partition coefficient (Wildman–Crippen LogP) is 12.9. The zero-order valence-corrected chi connectivity index (χ0v) is 30.5. The second-order valence-corrected chi connectivity index (χ2v) is 15.4. The smallest absolute Gasteiger partial charge is 0.0537 e. The molecule has 0 spiro atoms. The summed E-state index contributed by atoms with van der Waals surface area (Å²) in [5.41, 5.74) is 20.1. The van der Waals surface area contributed by atoms with Crippen LogP contribution >= 0.6 is 0 Å². The fourth-order valence-corrected chi connectivity index (χ4v) is 9.39. The van der Waals surface area contributed by atoms with E-state index in [1.54, 1.807) is 0 Å². The summed E-state index contributed by atoms with van der Waals surface area (Å²) in [7, 11) is 0. The van der Waals surface area contributed by atoms with Crippen molar-refractivity contribution in [1.82, 2.24) is 9.55 Å². The Morgan fingerprint density at radius 1 is 0.698 bits per heavy atom. The summed E-state index contributed by atoms with van der Waals surface area (Å²) < 4.78 is 2.48. The van der Waals surface area contributed by atoms with E-state index in [0.717, 1.165) is 44.1 Å². The SMILES string of the molecule is CC1(C)C2=C(CCC=C2)c2ccc(N(C3=CC=C(C4=Cc5c(n(-c6ccccc6)c6ccccc56)CC4)CC3)c3cccc(-c4cccnc4)c3)cc21. The van der Waals surface area contributed by atoms with Crippen molar-refractivity contribution in [2.45, 2.75) is 57.8 Å². The highest BCUT2D eigenvalue weighted by atomic mass is 15.1. The van der Waals surface area contributed by atoms with Crippen molar-refractivity contribution in [2.24, 2.45) is 0 Å². The van der Waals surface area contributed by atoms with Crippen molar-refractivity contribution in [1.29, 1.82) is 0 Å². The Hall–Kier alpha value is -5.93. The number of aromatic nitrogens is 2. The molecule has 4 aliphatic carbocycles. The van der Waals surface area contributed by atoms with Gasteiger partial charge in [0.15, 0.2) is 0 Å². The summed E-state index contributed by atoms with van der Waals surface area (Å²) in [6.45, 7) is 4.80. The molecule has 3 nitrogen and oxygen atoms in total. The molecule has 4 aliphatic rings. The van der Waals surface area contributed by atoms with E-state index in [2.05, 4.69) is 162 Å². The van der Waals surface area contributed by atoms with Gasteiger partial charge in [-0.15, -0.1) is 0 Å². The lowest BCUT2D eigenvalue weighted by atomic mass is 9.80. The molecule has 0 amide bonds. The number of rotatable bonds is 6. The molecule has 53 heavy (non-hydrogen) atoms. The quantitative estimate of drug-likeness (QED) is 0.174. The van der Waals surface area contributed by atoms with Gasteiger partial charge in [-0.1, -0.05) is 92.7 Å². The van der Waals surface area contributed by atoms with Crippen molar-refractivity contribution < 1.29 is 0 Å². The second kappa shape index (κ2) is 12.6. The summed E-state index contributed by atoms with van der Waals surface area (Å²) in [6.07, 6.45) is 22.1. The fraction of sp³-hybridized carbons (Fsp3) is 0.180. The molecule has 0 atom stereocenters. The van der Waals surface area contributed by atoms with Gasteiger partial charge in [-0.2, -0.15) is 0 Å². The van der Waals surface area contributed by atoms with Crippen LogP contribution in [0, 0.1) is 0 Å². The molecule has 0 bridgehead atoms. The van der Waals surface area contributed by atoms with Crippen LogP contribution in [-0.2, 0) is 11.8 Å². The van der Waals surface area contributed by atoms with E-state index in [1.165, 1.54) is 83.9 Å². The van der Waals surface area contributed by atoms with Crippen LogP contribution in [0.1, 0.15) is 68.3 Å². The topological polar surface area (TPSA) is 21.1 Å². The number of benzene rings is 4. The van der Waals surface area contributed by atoms with Crippen LogP contribution in [0.15, 0.2) is 168 Å². The van der Waals surface area contributed by atoms with E-state index in [0.29, 0.717) is 0 Å². The number of fused-ring (bicyclic) bond motifs is 5. The highest BCUT2D eigenvalue weighted by Gasteiger charge is 2.37. The fourth-order valence-electron chi connectivity index (χ4n) is 9.39. The van der Waals surface area contributed by atoms with Crippen molar-refractivity contribution >= 4 is 33.9 Å². The maximum atomic E-state index is 4.42. The van der Waals surface area contributed by atoms with Gasteiger partial charge in [0.2, 0.25) is 0 Å². The number of pyridine rings is 1. The summed E-state index contributed by atoms with van der Waals surface area (Å²) in [5.74, 6) is 0. The Bertz CT molecular complexity index is 2570. The third-order valence-corrected chi connectivity index (χ3v) is 12.0. The van der Waals surface area contributed by atoms with Crippen LogP contribution < -0.4 is 4.90 Å². The first-order valence-electron chi connectivity index (χ1n) is 19.2. The molecule has 10 rings (SSSR count). The Labute approximate surface area is 312 Å². The summed E-state index contributed by atoms with van der Waals surface area (Å²) in [6, 6.07) is 40.1. The Balaban J connectivity index is 1.06. The molecule has 2 aromatic heterocycles. The average molecular weight is 686 g/mol. The van der Waals surface area contributed by atoms with Gasteiger partial charge in [0, 0.05) is 62.8 Å². The summed E-state index contributed by atoms with van der Waals surface area (Å²) in [5, 5.41) is 1.34. The largest absolute Gasteiger partial charge is 0.314 e. The van der Waals surface area contributed by atoms with Gasteiger partial charge in [-0.25, -0.2) is 0 Å². The lowest BCUT2D eigenvalue weighted by Gasteiger charge is -2.32. The summed E-state index contributed by atoms with van der Waals surface area (Å²) >= 11 is 0. The highest BCUT2D eigenvalue weighted by molar-refractivity contribution is 5.94. The zero-order valence-electron chi connectivity index (χ0n) is 30.5. The molecule has 2 heterocycles. The number of hydrogen-bond acceptors (Lipinski definition) is 2. The van der Waals surface area contributed by atoms with Crippen molar-refractivity contribution in [3.8, 4) is 16.8 Å². The zero-order chi connectivity index (χ0) is 35.5. The van der Waals surface area contributed by atoms with Crippen LogP contribution in [0.2, 0.25) is 0 Å². The molecule has 3 heteroatoms. The first-order chi connectivity index (χ1) is 26.0. The van der Waals surface area contributed by atoms with Gasteiger partial charge in [-0.3, -0.25) is 4.98 Å². The second-order valence-electron chi connectivity index (χ2n) is 15.4. The Kier molecular flexibility index (Phi) is 7.57. The highest BCUT2D eigenvalue weighted by Crippen LogP contribution is 2.52. The average Bonchev–Trinajstić information content (AvgIpc) is 3.67. The maximum absolute atomic E-state index is 4.42. The Morgan fingerprint density at radius 3 is 2.38 bits per heavy atom. The lowest BCUT2D eigenvalue weighted by molar-refractivity contribution is 0.651. The van der Waals surface area contributed by atoms with Crippen molar-refractivity contribution in [2.75, 3.05) is 4.90 Å². The van der Waals surface area contributed by atoms with Crippen LogP contribution in [0.3, 0.4) is 0 Å². The van der Waals surface area contributed by atoms with Gasteiger partial charge in [0.05, 0.1) is 5.52 Å². The molecule has 6 aromatic rings. The molecule has 0 fully saturated rings. The van der Waals surface area contributed by atoms with Gasteiger partial charge >= 0.3 is 0 Å². The minimum absolute atomic E-state index is 0.0230. The standard InChI is InChI=1S/C50H43N3/c1-50(2)46-19-8-6-17-42(46)43-27-26-41(32-47(43)50)52(40-16-10-12-35(30-40)37-13-11-29-51-33-37)39-24-21-34(22-25-39)36-23-28-49-45(31-36)44-18-7-9-20-48(44)53(49)38-14-4-3-5-15-38/h3-5,7-16,18-21,24,26-27,29-33H,6,17,22-23,25,28H2,1-2H3. The third-order valence-electron chi connectivity index (χ3n) is 12.0. The molecule has 0 saturated heterocycles. The number of nitrogens with zero attached hydrogens (tertiary/aromatic N) is 3. The van der Waals surface area contributed by atoms with Crippen LogP contribution in [0.25, 0.3) is 39.4 Å². The van der Waals surface area contributed by atoms with Gasteiger partial charge < -0.3 is 9.47 Å². The molecular weight excluding hydrogens is 643 g/mol. The minimum Gasteiger partial charge on any atom is -0.314 e. The summed E-state index contributed by atoms with van der Waals surface area (Å²) in [4.78, 5) is 6.94. The van der Waals surface area contributed by atoms with E-state index in [-0.39, 0.29) is 5.41 Å². The first kappa shape index (κ1) is 31.8. The van der Waals surface area contributed by atoms with E-state index < -0.39 is 0 Å². The lowest BCUT2D eigenvalue weighted by Crippen LogP contribution is -2.21. The van der Waals surface area contributed by atoms with Crippen molar-refractivity contribution in [3.63, 3.8) is 0 Å². The van der Waals surface area contributed by atoms with Crippen LogP contribution in [-0.4, -0.2) is 9.55 Å². The number of anilines is 2. The van der Waals surface area contributed by atoms with Gasteiger partial charge in [-0.05, 0) is 138 Å². The molecule has 0 N–H and O–H groups in total. The van der Waals surface area contributed by atoms with E-state index in [9.17, 15) is 0 Å². The van der Waals surface area contributed by atoms with Crippen molar-refractivity contribution in [3.05, 3.63) is 191 Å². The normalized spacial score (nSPS) is 17.1. The number of hydrogen-bond donors (Lipinski definition) is 0. The molecule has 258 valence electrons. The third kappa shape index (κ3) is 5.29. The maximum Gasteiger partial charge on any atom is 0.0537 e. The molecule has 0 unspecified atom stereocenters.